The standard InChI is InChI=1S/C23H23F2N3O4S/c1-28-11-10-26-22(28)21(17-4-3-5-18(13-17)31-2)27-33(29,30)20-9-7-15-12-19(32-23(24)25)8-6-16(15)14-20/h3-6,8,10-14,21,23,27H,7,9H2,1-2H3. The molecule has 0 spiro atoms. The number of alkyl halides is 2. The summed E-state index contributed by atoms with van der Waals surface area (Å²) < 4.78 is 66.0. The van der Waals surface area contributed by atoms with Crippen molar-refractivity contribution in [3.05, 3.63) is 82.3 Å². The van der Waals surface area contributed by atoms with Crippen molar-refractivity contribution in [2.75, 3.05) is 7.11 Å². The SMILES string of the molecule is COc1cccc(C(NS(=O)(=O)C2=Cc3ccc(OC(F)F)cc3CC2)c2nccn2C)c1. The summed E-state index contributed by atoms with van der Waals surface area (Å²) in [5.41, 5.74) is 2.08. The smallest absolute Gasteiger partial charge is 0.387 e. The summed E-state index contributed by atoms with van der Waals surface area (Å²) in [6.45, 7) is -2.91. The minimum Gasteiger partial charge on any atom is -0.497 e. The molecule has 1 aliphatic rings. The van der Waals surface area contributed by atoms with Crippen LogP contribution in [-0.2, 0) is 23.5 Å². The lowest BCUT2D eigenvalue weighted by atomic mass is 9.97. The van der Waals surface area contributed by atoms with Crippen LogP contribution in [-0.4, -0.2) is 31.7 Å². The van der Waals surface area contributed by atoms with E-state index in [1.54, 1.807) is 67.5 Å². The van der Waals surface area contributed by atoms with Gasteiger partial charge in [-0.1, -0.05) is 18.2 Å². The summed E-state index contributed by atoms with van der Waals surface area (Å²) in [7, 11) is -0.566. The van der Waals surface area contributed by atoms with Gasteiger partial charge in [0.1, 0.15) is 23.4 Å². The number of hydrogen-bond acceptors (Lipinski definition) is 5. The normalized spacial score (nSPS) is 14.5. The molecule has 10 heteroatoms. The minimum absolute atomic E-state index is 0.0504. The molecule has 0 radical (unpaired) electrons. The molecule has 3 aromatic rings. The first-order valence-corrected chi connectivity index (χ1v) is 11.7. The van der Waals surface area contributed by atoms with Gasteiger partial charge in [-0.3, -0.25) is 0 Å². The van der Waals surface area contributed by atoms with Crippen LogP contribution in [0.25, 0.3) is 6.08 Å². The molecule has 0 amide bonds. The highest BCUT2D eigenvalue weighted by Crippen LogP contribution is 2.32. The van der Waals surface area contributed by atoms with E-state index in [1.807, 2.05) is 0 Å². The molecule has 7 nitrogen and oxygen atoms in total. The van der Waals surface area contributed by atoms with E-state index in [0.717, 1.165) is 5.56 Å². The fourth-order valence-corrected chi connectivity index (χ4v) is 5.16. The molecule has 1 atom stereocenters. The first kappa shape index (κ1) is 22.9. The predicted molar refractivity (Wildman–Crippen MR) is 119 cm³/mol. The van der Waals surface area contributed by atoms with Gasteiger partial charge in [0.2, 0.25) is 10.0 Å². The Morgan fingerprint density at radius 3 is 2.64 bits per heavy atom. The number of fused-ring (bicyclic) bond motifs is 1. The van der Waals surface area contributed by atoms with E-state index in [-0.39, 0.29) is 17.1 Å². The van der Waals surface area contributed by atoms with Crippen LogP contribution >= 0.6 is 0 Å². The van der Waals surface area contributed by atoms with Crippen LogP contribution in [0.3, 0.4) is 0 Å². The highest BCUT2D eigenvalue weighted by Gasteiger charge is 2.29. The molecule has 0 saturated carbocycles. The third kappa shape index (κ3) is 5.07. The van der Waals surface area contributed by atoms with Gasteiger partial charge >= 0.3 is 6.61 Å². The maximum absolute atomic E-state index is 13.4. The number of ether oxygens (including phenoxy) is 2. The maximum Gasteiger partial charge on any atom is 0.387 e. The van der Waals surface area contributed by atoms with E-state index in [0.29, 0.717) is 29.1 Å². The third-order valence-electron chi connectivity index (χ3n) is 5.46. The fourth-order valence-electron chi connectivity index (χ4n) is 3.81. The molecule has 0 saturated heterocycles. The molecule has 4 rings (SSSR count). The molecule has 1 N–H and O–H groups in total. The zero-order valence-corrected chi connectivity index (χ0v) is 18.9. The Morgan fingerprint density at radius 1 is 1.12 bits per heavy atom. The average molecular weight is 476 g/mol. The van der Waals surface area contributed by atoms with Gasteiger partial charge in [-0.05, 0) is 59.9 Å². The lowest BCUT2D eigenvalue weighted by Crippen LogP contribution is -2.32. The number of imidazole rings is 1. The Hall–Kier alpha value is -3.24. The van der Waals surface area contributed by atoms with E-state index >= 15 is 0 Å². The summed E-state index contributed by atoms with van der Waals surface area (Å²) in [6.07, 6.45) is 5.52. The fraction of sp³-hybridized carbons (Fsp3) is 0.261. The molecule has 1 unspecified atom stereocenters. The third-order valence-corrected chi connectivity index (χ3v) is 7.02. The Morgan fingerprint density at radius 2 is 1.94 bits per heavy atom. The lowest BCUT2D eigenvalue weighted by Gasteiger charge is -2.23. The summed E-state index contributed by atoms with van der Waals surface area (Å²) >= 11 is 0. The van der Waals surface area contributed by atoms with Gasteiger partial charge in [-0.25, -0.2) is 13.4 Å². The number of benzene rings is 2. The Labute approximate surface area is 190 Å². The number of halogens is 2. The molecular weight excluding hydrogens is 452 g/mol. The molecule has 1 aromatic heterocycles. The van der Waals surface area contributed by atoms with Crippen molar-refractivity contribution in [2.24, 2.45) is 7.05 Å². The quantitative estimate of drug-likeness (QED) is 0.532. The van der Waals surface area contributed by atoms with E-state index in [9.17, 15) is 17.2 Å². The van der Waals surface area contributed by atoms with E-state index in [2.05, 4.69) is 14.4 Å². The van der Waals surface area contributed by atoms with E-state index in [1.165, 1.54) is 12.1 Å². The summed E-state index contributed by atoms with van der Waals surface area (Å²) in [5.74, 6) is 1.17. The predicted octanol–water partition coefficient (Wildman–Crippen LogP) is 4.03. The summed E-state index contributed by atoms with van der Waals surface area (Å²) in [4.78, 5) is 4.56. The van der Waals surface area contributed by atoms with Gasteiger partial charge in [0.25, 0.3) is 0 Å². The lowest BCUT2D eigenvalue weighted by molar-refractivity contribution is -0.0498. The molecule has 2 aromatic carbocycles. The van der Waals surface area contributed by atoms with Crippen LogP contribution in [0.4, 0.5) is 8.78 Å². The second-order valence-electron chi connectivity index (χ2n) is 7.58. The van der Waals surface area contributed by atoms with Gasteiger partial charge < -0.3 is 14.0 Å². The number of allylic oxidation sites excluding steroid dienone is 1. The molecule has 33 heavy (non-hydrogen) atoms. The molecule has 0 aliphatic heterocycles. The number of aryl methyl sites for hydroxylation is 2. The Kier molecular flexibility index (Phi) is 6.48. The number of hydrogen-bond donors (Lipinski definition) is 1. The van der Waals surface area contributed by atoms with E-state index in [4.69, 9.17) is 4.74 Å². The molecule has 1 heterocycles. The Bertz CT molecular complexity index is 1290. The van der Waals surface area contributed by atoms with Gasteiger partial charge in [-0.15, -0.1) is 0 Å². The number of aromatic nitrogens is 2. The van der Waals surface area contributed by atoms with Crippen LogP contribution in [0.15, 0.2) is 59.8 Å². The number of nitrogens with zero attached hydrogens (tertiary/aromatic N) is 2. The van der Waals surface area contributed by atoms with Crippen molar-refractivity contribution < 1.29 is 26.7 Å². The topological polar surface area (TPSA) is 82.4 Å². The minimum atomic E-state index is -3.90. The Balaban J connectivity index is 1.66. The molecule has 0 fully saturated rings. The molecule has 0 bridgehead atoms. The van der Waals surface area contributed by atoms with Crippen LogP contribution in [0.2, 0.25) is 0 Å². The van der Waals surface area contributed by atoms with Crippen LogP contribution in [0, 0.1) is 0 Å². The molecule has 174 valence electrons. The first-order chi connectivity index (χ1) is 15.8. The van der Waals surface area contributed by atoms with Crippen molar-refractivity contribution in [3.8, 4) is 11.5 Å². The summed E-state index contributed by atoms with van der Waals surface area (Å²) in [6, 6.07) is 10.9. The van der Waals surface area contributed by atoms with Crippen molar-refractivity contribution in [1.29, 1.82) is 0 Å². The number of nitrogens with one attached hydrogen (secondary N) is 1. The van der Waals surface area contributed by atoms with Gasteiger partial charge in [-0.2, -0.15) is 13.5 Å². The largest absolute Gasteiger partial charge is 0.497 e. The van der Waals surface area contributed by atoms with Gasteiger partial charge in [0.05, 0.1) is 12.0 Å². The van der Waals surface area contributed by atoms with Crippen LogP contribution in [0.1, 0.15) is 35.0 Å². The maximum atomic E-state index is 13.4. The van der Waals surface area contributed by atoms with Crippen molar-refractivity contribution in [3.63, 3.8) is 0 Å². The monoisotopic (exact) mass is 475 g/mol. The number of rotatable bonds is 8. The second-order valence-corrected chi connectivity index (χ2v) is 9.34. The van der Waals surface area contributed by atoms with Crippen molar-refractivity contribution in [2.45, 2.75) is 25.5 Å². The van der Waals surface area contributed by atoms with Gasteiger partial charge in [0.15, 0.2) is 0 Å². The average Bonchev–Trinajstić information content (AvgIpc) is 3.22. The van der Waals surface area contributed by atoms with Crippen LogP contribution in [0.5, 0.6) is 11.5 Å². The zero-order valence-electron chi connectivity index (χ0n) is 18.0. The van der Waals surface area contributed by atoms with Gasteiger partial charge in [0, 0.05) is 19.4 Å². The highest BCUT2D eigenvalue weighted by atomic mass is 32.2. The van der Waals surface area contributed by atoms with Crippen molar-refractivity contribution in [1.82, 2.24) is 14.3 Å². The van der Waals surface area contributed by atoms with E-state index < -0.39 is 22.7 Å². The number of sulfonamides is 1. The molecular formula is C23H23F2N3O4S. The van der Waals surface area contributed by atoms with Crippen molar-refractivity contribution >= 4 is 16.1 Å². The zero-order chi connectivity index (χ0) is 23.6. The summed E-state index contributed by atoms with van der Waals surface area (Å²) in [5, 5.41) is 0. The second kappa shape index (κ2) is 9.32. The first-order valence-electron chi connectivity index (χ1n) is 10.2. The van der Waals surface area contributed by atoms with Crippen LogP contribution < -0.4 is 14.2 Å². The molecule has 1 aliphatic carbocycles. The highest BCUT2D eigenvalue weighted by molar-refractivity contribution is 7.93. The number of methoxy groups -OCH3 is 1.